The Labute approximate surface area is 153 Å². The van der Waals surface area contributed by atoms with E-state index in [1.54, 1.807) is 18.3 Å². The molecule has 0 saturated carbocycles. The number of pyridine rings is 1. The predicted octanol–water partition coefficient (Wildman–Crippen LogP) is 4.45. The van der Waals surface area contributed by atoms with Crippen LogP contribution < -0.4 is 4.74 Å². The van der Waals surface area contributed by atoms with E-state index < -0.39 is 0 Å². The van der Waals surface area contributed by atoms with Gasteiger partial charge in [0.05, 0.1) is 12.2 Å². The molecule has 0 unspecified atom stereocenters. The predicted molar refractivity (Wildman–Crippen MR) is 100 cm³/mol. The first-order valence-electron chi connectivity index (χ1n) is 8.66. The summed E-state index contributed by atoms with van der Waals surface area (Å²) in [5.41, 5.74) is 2.68. The molecule has 0 atom stereocenters. The van der Waals surface area contributed by atoms with Crippen LogP contribution in [0.4, 0.5) is 0 Å². The van der Waals surface area contributed by atoms with Crippen molar-refractivity contribution in [2.75, 3.05) is 6.61 Å². The van der Waals surface area contributed by atoms with Gasteiger partial charge in [0.2, 0.25) is 5.88 Å². The van der Waals surface area contributed by atoms with Crippen molar-refractivity contribution in [1.82, 2.24) is 4.98 Å². The minimum absolute atomic E-state index is 0.294. The monoisotopic (exact) mass is 347 g/mol. The highest BCUT2D eigenvalue weighted by molar-refractivity contribution is 5.89. The highest BCUT2D eigenvalue weighted by Gasteiger charge is 2.08. The van der Waals surface area contributed by atoms with Crippen molar-refractivity contribution in [3.8, 4) is 5.88 Å². The molecule has 4 heteroatoms. The van der Waals surface area contributed by atoms with Gasteiger partial charge in [0.1, 0.15) is 6.61 Å². The lowest BCUT2D eigenvalue weighted by Gasteiger charge is -2.10. The van der Waals surface area contributed by atoms with Crippen molar-refractivity contribution >= 4 is 5.97 Å². The molecule has 0 aliphatic carbocycles. The van der Waals surface area contributed by atoms with Crippen LogP contribution >= 0.6 is 0 Å². The zero-order valence-electron chi connectivity index (χ0n) is 14.5. The van der Waals surface area contributed by atoms with Crippen LogP contribution in [0.3, 0.4) is 0 Å². The lowest BCUT2D eigenvalue weighted by Crippen LogP contribution is -2.07. The Kier molecular flexibility index (Phi) is 6.37. The highest BCUT2D eigenvalue weighted by Crippen LogP contribution is 2.18. The molecule has 0 amide bonds. The summed E-state index contributed by atoms with van der Waals surface area (Å²) in [4.78, 5) is 16.2. The highest BCUT2D eigenvalue weighted by atomic mass is 16.5. The average Bonchev–Trinajstić information content (AvgIpc) is 2.71. The van der Waals surface area contributed by atoms with Gasteiger partial charge in [0.15, 0.2) is 0 Å². The molecule has 3 rings (SSSR count). The van der Waals surface area contributed by atoms with Crippen LogP contribution in [-0.4, -0.2) is 17.6 Å². The van der Waals surface area contributed by atoms with E-state index in [0.717, 1.165) is 17.5 Å². The smallest absolute Gasteiger partial charge is 0.338 e. The van der Waals surface area contributed by atoms with Crippen LogP contribution in [0.5, 0.6) is 5.88 Å². The molecule has 0 aliphatic rings. The van der Waals surface area contributed by atoms with E-state index >= 15 is 0 Å². The van der Waals surface area contributed by atoms with Crippen molar-refractivity contribution in [2.24, 2.45) is 0 Å². The topological polar surface area (TPSA) is 48.4 Å². The van der Waals surface area contributed by atoms with Crippen molar-refractivity contribution < 1.29 is 14.3 Å². The van der Waals surface area contributed by atoms with Gasteiger partial charge in [0.25, 0.3) is 0 Å². The molecule has 0 fully saturated rings. The Morgan fingerprint density at radius 2 is 1.62 bits per heavy atom. The first kappa shape index (κ1) is 17.7. The first-order chi connectivity index (χ1) is 12.8. The van der Waals surface area contributed by atoms with Crippen LogP contribution in [0, 0.1) is 0 Å². The van der Waals surface area contributed by atoms with Gasteiger partial charge < -0.3 is 9.47 Å². The van der Waals surface area contributed by atoms with E-state index in [4.69, 9.17) is 9.47 Å². The molecule has 4 nitrogen and oxygen atoms in total. The Morgan fingerprint density at radius 1 is 0.885 bits per heavy atom. The third-order valence-electron chi connectivity index (χ3n) is 3.90. The summed E-state index contributed by atoms with van der Waals surface area (Å²) >= 11 is 0. The zero-order valence-corrected chi connectivity index (χ0v) is 14.5. The number of aryl methyl sites for hydroxylation is 1. The third-order valence-corrected chi connectivity index (χ3v) is 3.90. The van der Waals surface area contributed by atoms with Crippen LogP contribution in [0.25, 0.3) is 0 Å². The van der Waals surface area contributed by atoms with E-state index in [1.807, 2.05) is 60.7 Å². The lowest BCUT2D eigenvalue weighted by molar-refractivity contribution is 0.0500. The number of nitrogens with zero attached hydrogens (tertiary/aromatic N) is 1. The number of esters is 1. The molecule has 0 spiro atoms. The van der Waals surface area contributed by atoms with Crippen molar-refractivity contribution in [1.29, 1.82) is 0 Å². The number of hydrogen-bond donors (Lipinski definition) is 0. The number of aromatic nitrogens is 1. The van der Waals surface area contributed by atoms with Gasteiger partial charge in [0, 0.05) is 11.8 Å². The summed E-state index contributed by atoms with van der Waals surface area (Å²) in [7, 11) is 0. The molecule has 0 N–H and O–H groups in total. The van der Waals surface area contributed by atoms with Crippen LogP contribution in [0.15, 0.2) is 79.0 Å². The van der Waals surface area contributed by atoms with Gasteiger partial charge in [-0.15, -0.1) is 0 Å². The molecule has 0 saturated heterocycles. The largest absolute Gasteiger partial charge is 0.473 e. The average molecular weight is 347 g/mol. The molecule has 3 aromatic rings. The molecule has 0 bridgehead atoms. The second-order valence-corrected chi connectivity index (χ2v) is 5.85. The van der Waals surface area contributed by atoms with E-state index in [2.05, 4.69) is 4.98 Å². The summed E-state index contributed by atoms with van der Waals surface area (Å²) in [6.45, 7) is 0.842. The summed E-state index contributed by atoms with van der Waals surface area (Å²) in [6.07, 6.45) is 3.17. The Bertz CT molecular complexity index is 819. The first-order valence-corrected chi connectivity index (χ1v) is 8.66. The van der Waals surface area contributed by atoms with Crippen molar-refractivity contribution in [3.05, 3.63) is 95.7 Å². The summed E-state index contributed by atoms with van der Waals surface area (Å²) in [6, 6.07) is 22.9. The van der Waals surface area contributed by atoms with Crippen molar-refractivity contribution in [2.45, 2.75) is 19.4 Å². The standard InChI is InChI=1S/C22H21NO3/c24-22(20-11-5-2-6-12-20)25-16-8-14-19-13-7-15-23-21(19)26-17-18-9-3-1-4-10-18/h1-7,9-13,15H,8,14,16-17H2. The maximum absolute atomic E-state index is 11.9. The third kappa shape index (κ3) is 5.18. The fourth-order valence-electron chi connectivity index (χ4n) is 2.56. The quantitative estimate of drug-likeness (QED) is 0.446. The minimum atomic E-state index is -0.294. The molecule has 1 heterocycles. The zero-order chi connectivity index (χ0) is 18.0. The summed E-state index contributed by atoms with van der Waals surface area (Å²) in [5, 5.41) is 0. The van der Waals surface area contributed by atoms with Crippen LogP contribution in [0.2, 0.25) is 0 Å². The number of benzene rings is 2. The van der Waals surface area contributed by atoms with E-state index in [9.17, 15) is 4.79 Å². The lowest BCUT2D eigenvalue weighted by atomic mass is 10.1. The Balaban J connectivity index is 1.48. The van der Waals surface area contributed by atoms with Gasteiger partial charge in [-0.05, 0) is 36.6 Å². The maximum atomic E-state index is 11.9. The van der Waals surface area contributed by atoms with Gasteiger partial charge in [-0.3, -0.25) is 0 Å². The van der Waals surface area contributed by atoms with Gasteiger partial charge >= 0.3 is 5.97 Å². The Morgan fingerprint density at radius 3 is 2.38 bits per heavy atom. The minimum Gasteiger partial charge on any atom is -0.473 e. The molecule has 26 heavy (non-hydrogen) atoms. The molecule has 0 radical (unpaired) electrons. The fourth-order valence-corrected chi connectivity index (χ4v) is 2.56. The number of ether oxygens (including phenoxy) is 2. The van der Waals surface area contributed by atoms with Gasteiger partial charge in [-0.1, -0.05) is 54.6 Å². The normalized spacial score (nSPS) is 10.3. The second-order valence-electron chi connectivity index (χ2n) is 5.85. The number of carbonyl (C=O) groups excluding carboxylic acids is 1. The van der Waals surface area contributed by atoms with Gasteiger partial charge in [-0.2, -0.15) is 0 Å². The van der Waals surface area contributed by atoms with Crippen molar-refractivity contribution in [3.63, 3.8) is 0 Å². The number of hydrogen-bond acceptors (Lipinski definition) is 4. The van der Waals surface area contributed by atoms with E-state index in [1.165, 1.54) is 0 Å². The van der Waals surface area contributed by atoms with Crippen LogP contribution in [-0.2, 0) is 17.8 Å². The number of carbonyl (C=O) groups is 1. The maximum Gasteiger partial charge on any atom is 0.338 e. The molecular weight excluding hydrogens is 326 g/mol. The molecule has 0 aliphatic heterocycles. The molecule has 1 aromatic heterocycles. The molecule has 2 aromatic carbocycles. The summed E-state index contributed by atoms with van der Waals surface area (Å²) in [5.74, 6) is 0.336. The summed E-state index contributed by atoms with van der Waals surface area (Å²) < 4.78 is 11.2. The SMILES string of the molecule is O=C(OCCCc1cccnc1OCc1ccccc1)c1ccccc1. The Hall–Kier alpha value is -3.14. The van der Waals surface area contributed by atoms with E-state index in [0.29, 0.717) is 31.1 Å². The fraction of sp³-hybridized carbons (Fsp3) is 0.182. The molecule has 132 valence electrons. The van der Waals surface area contributed by atoms with E-state index in [-0.39, 0.29) is 5.97 Å². The van der Waals surface area contributed by atoms with Gasteiger partial charge in [-0.25, -0.2) is 9.78 Å². The second kappa shape index (κ2) is 9.37. The molecular formula is C22H21NO3. The number of rotatable bonds is 8. The van der Waals surface area contributed by atoms with Crippen LogP contribution in [0.1, 0.15) is 27.9 Å².